The van der Waals surface area contributed by atoms with Crippen LogP contribution < -0.4 is 10.4 Å². The second kappa shape index (κ2) is 10.5. The predicted octanol–water partition coefficient (Wildman–Crippen LogP) is 8.44. The largest absolute Gasteiger partial charge is 0.207 e. The molecule has 6 rings (SSSR count). The Morgan fingerprint density at radius 3 is 1.66 bits per heavy atom. The summed E-state index contributed by atoms with van der Waals surface area (Å²) in [5.41, 5.74) is 4.28. The lowest BCUT2D eigenvalue weighted by Gasteiger charge is -2.39. The van der Waals surface area contributed by atoms with E-state index in [4.69, 9.17) is 0 Å². The van der Waals surface area contributed by atoms with Crippen molar-refractivity contribution in [2.75, 3.05) is 0 Å². The van der Waals surface area contributed by atoms with Crippen molar-refractivity contribution in [1.82, 2.24) is 0 Å². The van der Waals surface area contributed by atoms with Crippen LogP contribution in [0.5, 0.6) is 0 Å². The highest BCUT2D eigenvalue weighted by atomic mass is 28.3. The van der Waals surface area contributed by atoms with Gasteiger partial charge in [0.15, 0.2) is 0 Å². The van der Waals surface area contributed by atoms with E-state index in [2.05, 4.69) is 66.7 Å². The van der Waals surface area contributed by atoms with Crippen molar-refractivity contribution in [3.8, 4) is 22.3 Å². The van der Waals surface area contributed by atoms with E-state index >= 15 is 4.39 Å². The highest BCUT2D eigenvalue weighted by Gasteiger charge is 2.41. The van der Waals surface area contributed by atoms with E-state index in [0.29, 0.717) is 11.5 Å². The molecule has 1 heterocycles. The molecule has 5 aromatic carbocycles. The van der Waals surface area contributed by atoms with Gasteiger partial charge in [-0.2, -0.15) is 0 Å². The van der Waals surface area contributed by atoms with Crippen LogP contribution in [0.25, 0.3) is 22.3 Å². The number of benzene rings is 5. The van der Waals surface area contributed by atoms with Gasteiger partial charge in [-0.3, -0.25) is 0 Å². The van der Waals surface area contributed by atoms with E-state index in [1.807, 2.05) is 30.3 Å². The Balaban J connectivity index is 1.28. The highest BCUT2D eigenvalue weighted by Crippen LogP contribution is 2.40. The Hall–Kier alpha value is -3.82. The van der Waals surface area contributed by atoms with Gasteiger partial charge in [0.1, 0.15) is 19.7 Å². The molecule has 0 nitrogen and oxygen atoms in total. The van der Waals surface area contributed by atoms with Crippen molar-refractivity contribution in [2.24, 2.45) is 0 Å². The third kappa shape index (κ3) is 4.63. The molecule has 0 spiro atoms. The standard InChI is InChI=1S/C35H30F2Si/c36-29-18-15-27(16-19-29)32-13-7-8-14-33(32)34-20-17-28(25-35(34)37)26-21-23-38(24-22-26,30-9-3-1-4-10-30)31-11-5-2-6-12-31/h1-20,25-26H,21-24H2. The summed E-state index contributed by atoms with van der Waals surface area (Å²) in [6, 6.07) is 44.4. The summed E-state index contributed by atoms with van der Waals surface area (Å²) in [4.78, 5) is 0. The van der Waals surface area contributed by atoms with Crippen LogP contribution in [0, 0.1) is 11.6 Å². The van der Waals surface area contributed by atoms with E-state index < -0.39 is 8.07 Å². The van der Waals surface area contributed by atoms with Crippen LogP contribution in [0.1, 0.15) is 24.3 Å². The molecule has 3 heteroatoms. The maximum absolute atomic E-state index is 15.7. The highest BCUT2D eigenvalue weighted by molar-refractivity contribution is 7.02. The van der Waals surface area contributed by atoms with Crippen LogP contribution in [-0.4, -0.2) is 8.07 Å². The Morgan fingerprint density at radius 2 is 1.08 bits per heavy atom. The molecule has 5 aromatic rings. The van der Waals surface area contributed by atoms with Crippen LogP contribution in [0.3, 0.4) is 0 Å². The first-order chi connectivity index (χ1) is 18.6. The minimum Gasteiger partial charge on any atom is -0.207 e. The summed E-state index contributed by atoms with van der Waals surface area (Å²) in [5.74, 6) is -0.114. The van der Waals surface area contributed by atoms with Gasteiger partial charge in [0.2, 0.25) is 0 Å². The van der Waals surface area contributed by atoms with Crippen molar-refractivity contribution in [1.29, 1.82) is 0 Å². The summed E-state index contributed by atoms with van der Waals surface area (Å²) in [6.45, 7) is 0. The second-order valence-electron chi connectivity index (χ2n) is 10.4. The van der Waals surface area contributed by atoms with Gasteiger partial charge < -0.3 is 0 Å². The van der Waals surface area contributed by atoms with E-state index in [1.54, 1.807) is 18.2 Å². The fourth-order valence-electron chi connectivity index (χ4n) is 6.31. The van der Waals surface area contributed by atoms with Gasteiger partial charge in [0.25, 0.3) is 0 Å². The fourth-order valence-corrected chi connectivity index (χ4v) is 11.4. The minimum absolute atomic E-state index is 0.197. The smallest absolute Gasteiger partial charge is 0.131 e. The quantitative estimate of drug-likeness (QED) is 0.206. The van der Waals surface area contributed by atoms with E-state index in [0.717, 1.165) is 35.1 Å². The zero-order valence-corrected chi connectivity index (χ0v) is 22.3. The van der Waals surface area contributed by atoms with Crippen molar-refractivity contribution in [2.45, 2.75) is 30.8 Å². The van der Waals surface area contributed by atoms with Gasteiger partial charge in [0, 0.05) is 5.56 Å². The molecule has 1 fully saturated rings. The summed E-state index contributed by atoms with van der Waals surface area (Å²) >= 11 is 0. The van der Waals surface area contributed by atoms with Crippen molar-refractivity contribution in [3.05, 3.63) is 145 Å². The first-order valence-corrected chi connectivity index (χ1v) is 15.8. The van der Waals surface area contributed by atoms with Crippen LogP contribution in [0.15, 0.2) is 127 Å². The van der Waals surface area contributed by atoms with Crippen LogP contribution >= 0.6 is 0 Å². The maximum Gasteiger partial charge on any atom is 0.131 e. The fraction of sp³-hybridized carbons (Fsp3) is 0.143. The molecule has 38 heavy (non-hydrogen) atoms. The number of rotatable bonds is 5. The molecule has 0 aliphatic carbocycles. The molecule has 0 amide bonds. The van der Waals surface area contributed by atoms with Gasteiger partial charge in [0.05, 0.1) is 0 Å². The molecule has 0 aromatic heterocycles. The first kappa shape index (κ1) is 24.5. The molecule has 1 saturated heterocycles. The van der Waals surface area contributed by atoms with Crippen molar-refractivity contribution >= 4 is 18.4 Å². The van der Waals surface area contributed by atoms with Crippen LogP contribution in [0.4, 0.5) is 8.78 Å². The lowest BCUT2D eigenvalue weighted by Crippen LogP contribution is -2.59. The SMILES string of the molecule is Fc1ccc(-c2ccccc2-c2ccc(C3CC[Si](c4ccccc4)(c4ccccc4)CC3)cc2F)cc1. The van der Waals surface area contributed by atoms with Crippen LogP contribution in [0.2, 0.25) is 12.1 Å². The zero-order valence-electron chi connectivity index (χ0n) is 21.3. The number of hydrogen-bond donors (Lipinski definition) is 0. The third-order valence-corrected chi connectivity index (χ3v) is 13.5. The molecular formula is C35H30F2Si. The Kier molecular flexibility index (Phi) is 6.78. The molecule has 0 unspecified atom stereocenters. The van der Waals surface area contributed by atoms with Gasteiger partial charge in [-0.25, -0.2) is 8.78 Å². The van der Waals surface area contributed by atoms with Crippen LogP contribution in [-0.2, 0) is 0 Å². The molecular weight excluding hydrogens is 486 g/mol. The summed E-state index contributed by atoms with van der Waals surface area (Å²) in [7, 11) is -1.86. The maximum atomic E-state index is 15.7. The lowest BCUT2D eigenvalue weighted by molar-refractivity contribution is 0.590. The van der Waals surface area contributed by atoms with E-state index in [-0.39, 0.29) is 11.6 Å². The summed E-state index contributed by atoms with van der Waals surface area (Å²) < 4.78 is 29.2. The first-order valence-electron chi connectivity index (χ1n) is 13.4. The van der Waals surface area contributed by atoms with Crippen molar-refractivity contribution in [3.63, 3.8) is 0 Å². The van der Waals surface area contributed by atoms with Gasteiger partial charge in [-0.15, -0.1) is 0 Å². The monoisotopic (exact) mass is 516 g/mol. The molecule has 188 valence electrons. The molecule has 0 saturated carbocycles. The summed E-state index contributed by atoms with van der Waals surface area (Å²) in [5, 5.41) is 3.01. The van der Waals surface area contributed by atoms with E-state index in [9.17, 15) is 4.39 Å². The van der Waals surface area contributed by atoms with Crippen molar-refractivity contribution < 1.29 is 8.78 Å². The molecule has 0 atom stereocenters. The number of halogens is 2. The Labute approximate surface area is 224 Å². The predicted molar refractivity (Wildman–Crippen MR) is 157 cm³/mol. The third-order valence-electron chi connectivity index (χ3n) is 8.33. The average Bonchev–Trinajstić information content (AvgIpc) is 2.98. The lowest BCUT2D eigenvalue weighted by atomic mass is 9.89. The average molecular weight is 517 g/mol. The number of hydrogen-bond acceptors (Lipinski definition) is 0. The Bertz CT molecular complexity index is 1480. The molecule has 1 aliphatic rings. The topological polar surface area (TPSA) is 0 Å². The van der Waals surface area contributed by atoms with E-state index in [1.165, 1.54) is 34.6 Å². The summed E-state index contributed by atoms with van der Waals surface area (Å²) in [6.07, 6.45) is 2.14. The molecule has 0 bridgehead atoms. The minimum atomic E-state index is -1.86. The second-order valence-corrected chi connectivity index (χ2v) is 14.7. The van der Waals surface area contributed by atoms with Gasteiger partial charge >= 0.3 is 0 Å². The molecule has 0 N–H and O–H groups in total. The van der Waals surface area contributed by atoms with Gasteiger partial charge in [-0.05, 0) is 71.3 Å². The zero-order chi connectivity index (χ0) is 26.0. The van der Waals surface area contributed by atoms with Gasteiger partial charge in [-0.1, -0.05) is 120 Å². The Morgan fingerprint density at radius 1 is 0.526 bits per heavy atom. The normalized spacial score (nSPS) is 15.3. The molecule has 0 radical (unpaired) electrons. The molecule has 1 aliphatic heterocycles.